The van der Waals surface area contributed by atoms with Gasteiger partial charge in [0.05, 0.1) is 28.2 Å². The van der Waals surface area contributed by atoms with Crippen molar-refractivity contribution in [1.29, 1.82) is 5.26 Å². The largest absolute Gasteiger partial charge is 0.494 e. The third-order valence-electron chi connectivity index (χ3n) is 4.04. The van der Waals surface area contributed by atoms with Gasteiger partial charge in [-0.15, -0.1) is 0 Å². The van der Waals surface area contributed by atoms with Crippen molar-refractivity contribution in [3.8, 4) is 6.07 Å². The van der Waals surface area contributed by atoms with Crippen LogP contribution in [0.5, 0.6) is 0 Å². The van der Waals surface area contributed by atoms with Gasteiger partial charge < -0.3 is 9.31 Å². The topological polar surface area (TPSA) is 42.2 Å². The maximum absolute atomic E-state index is 9.31. The molecule has 0 aromatic heterocycles. The molecular formula is C16H22BNO2. The first-order valence-electron chi connectivity index (χ1n) is 8.64. The first-order chi connectivity index (χ1) is 10.8. The Morgan fingerprint density at radius 3 is 1.95 bits per heavy atom. The molecule has 0 radical (unpaired) electrons. The van der Waals surface area contributed by atoms with Crippen LogP contribution in [0, 0.1) is 11.3 Å². The highest BCUT2D eigenvalue weighted by atomic mass is 16.7. The quantitative estimate of drug-likeness (QED) is 0.779. The van der Waals surface area contributed by atoms with E-state index in [4.69, 9.17) is 14.8 Å². The fourth-order valence-electron chi connectivity index (χ4n) is 1.77. The Bertz CT molecular complexity index is 696. The Kier molecular flexibility index (Phi) is 2.41. The summed E-state index contributed by atoms with van der Waals surface area (Å²) in [4.78, 5) is 0. The third-order valence-corrected chi connectivity index (χ3v) is 4.04. The normalized spacial score (nSPS) is 23.6. The molecule has 0 spiro atoms. The van der Waals surface area contributed by atoms with Gasteiger partial charge in [0.15, 0.2) is 0 Å². The summed E-state index contributed by atoms with van der Waals surface area (Å²) in [5, 5.41) is 9.31. The van der Waals surface area contributed by atoms with Crippen LogP contribution in [0.1, 0.15) is 52.6 Å². The van der Waals surface area contributed by atoms with Gasteiger partial charge in [-0.2, -0.15) is 5.26 Å². The van der Waals surface area contributed by atoms with Crippen LogP contribution in [0.25, 0.3) is 0 Å². The molecule has 106 valence electrons. The van der Waals surface area contributed by atoms with Crippen LogP contribution in [0.3, 0.4) is 0 Å². The van der Waals surface area contributed by atoms with Crippen molar-refractivity contribution in [2.75, 3.05) is 0 Å². The molecule has 4 heteroatoms. The van der Waals surface area contributed by atoms with E-state index in [1.807, 2.05) is 33.8 Å². The zero-order valence-electron chi connectivity index (χ0n) is 16.8. The minimum absolute atomic E-state index is 0.0705. The SMILES string of the molecule is [2H]c1c([2H])c(C(C)(C)C#N)c([2H])c([2H])c1B1OC(C)(C)C(C)(C)O1. The maximum Gasteiger partial charge on any atom is 0.494 e. The summed E-state index contributed by atoms with van der Waals surface area (Å²) in [6.07, 6.45) is 0. The molecule has 1 fully saturated rings. The fraction of sp³-hybridized carbons (Fsp3) is 0.562. The second-order valence-corrected chi connectivity index (χ2v) is 6.61. The number of benzene rings is 1. The first-order valence-corrected chi connectivity index (χ1v) is 6.64. The number of rotatable bonds is 2. The van der Waals surface area contributed by atoms with Gasteiger partial charge in [0.1, 0.15) is 0 Å². The summed E-state index contributed by atoms with van der Waals surface area (Å²) in [5.41, 5.74) is -2.27. The van der Waals surface area contributed by atoms with E-state index in [2.05, 4.69) is 0 Å². The Balaban J connectivity index is 2.67. The second kappa shape index (κ2) is 4.61. The number of hydrogen-bond donors (Lipinski definition) is 0. The van der Waals surface area contributed by atoms with E-state index in [1.54, 1.807) is 13.8 Å². The van der Waals surface area contributed by atoms with Gasteiger partial charge in [0, 0.05) is 0 Å². The number of nitrogens with zero attached hydrogens (tertiary/aromatic N) is 1. The number of hydrogen-bond acceptors (Lipinski definition) is 3. The van der Waals surface area contributed by atoms with Crippen molar-refractivity contribution in [2.24, 2.45) is 0 Å². The van der Waals surface area contributed by atoms with Crippen LogP contribution in [0.4, 0.5) is 0 Å². The average molecular weight is 275 g/mol. The number of nitriles is 1. The summed E-state index contributed by atoms with van der Waals surface area (Å²) in [6.45, 7) is 10.6. The van der Waals surface area contributed by atoms with E-state index in [0.29, 0.717) is 0 Å². The molecule has 20 heavy (non-hydrogen) atoms. The van der Waals surface area contributed by atoms with Gasteiger partial charge in [0.2, 0.25) is 0 Å². The lowest BCUT2D eigenvalue weighted by molar-refractivity contribution is 0.00578. The molecule has 0 saturated carbocycles. The summed E-state index contributed by atoms with van der Waals surface area (Å²) in [7, 11) is -0.984. The Labute approximate surface area is 127 Å². The van der Waals surface area contributed by atoms with Crippen molar-refractivity contribution in [1.82, 2.24) is 0 Å². The van der Waals surface area contributed by atoms with Crippen LogP contribution < -0.4 is 5.46 Å². The molecule has 0 unspecified atom stereocenters. The molecule has 2 rings (SSSR count). The van der Waals surface area contributed by atoms with Gasteiger partial charge in [-0.25, -0.2) is 0 Å². The molecule has 0 atom stereocenters. The van der Waals surface area contributed by atoms with E-state index < -0.39 is 23.7 Å². The monoisotopic (exact) mass is 275 g/mol. The molecular weight excluding hydrogens is 249 g/mol. The molecule has 1 heterocycles. The standard InChI is InChI=1S/C16H22BNO2/c1-14(2,11-18)12-7-9-13(10-8-12)17-19-15(3,4)16(5,6)20-17/h7-10H,1-6H3/i7D,8D,9D,10D. The predicted octanol–water partition coefficient (Wildman–Crippen LogP) is 2.79. The van der Waals surface area contributed by atoms with E-state index in [-0.39, 0.29) is 35.2 Å². The molecule has 3 nitrogen and oxygen atoms in total. The van der Waals surface area contributed by atoms with Crippen molar-refractivity contribution < 1.29 is 14.8 Å². The summed E-state index contributed by atoms with van der Waals surface area (Å²) >= 11 is 0. The van der Waals surface area contributed by atoms with Gasteiger partial charge in [-0.1, -0.05) is 24.2 Å². The van der Waals surface area contributed by atoms with Crippen LogP contribution in [-0.2, 0) is 14.7 Å². The second-order valence-electron chi connectivity index (χ2n) is 6.61. The Morgan fingerprint density at radius 2 is 1.55 bits per heavy atom. The zero-order chi connectivity index (χ0) is 18.7. The summed E-state index contributed by atoms with van der Waals surface area (Å²) in [6, 6.07) is 1.12. The highest BCUT2D eigenvalue weighted by Crippen LogP contribution is 2.36. The molecule has 0 N–H and O–H groups in total. The van der Waals surface area contributed by atoms with Gasteiger partial charge in [0.25, 0.3) is 0 Å². The van der Waals surface area contributed by atoms with Crippen LogP contribution in [0.2, 0.25) is 0 Å². The molecule has 0 bridgehead atoms. The first kappa shape index (κ1) is 10.4. The van der Waals surface area contributed by atoms with Gasteiger partial charge in [-0.3, -0.25) is 0 Å². The Hall–Kier alpha value is -1.31. The predicted molar refractivity (Wildman–Crippen MR) is 80.8 cm³/mol. The minimum atomic E-state index is -1.13. The summed E-state index contributed by atoms with van der Waals surface area (Å²) in [5.74, 6) is 0. The highest BCUT2D eigenvalue weighted by Gasteiger charge is 2.51. The van der Waals surface area contributed by atoms with Crippen molar-refractivity contribution in [3.63, 3.8) is 0 Å². The van der Waals surface area contributed by atoms with E-state index >= 15 is 0 Å². The van der Waals surface area contributed by atoms with E-state index in [9.17, 15) is 5.26 Å². The lowest BCUT2D eigenvalue weighted by Crippen LogP contribution is -2.41. The minimum Gasteiger partial charge on any atom is -0.399 e. The van der Waals surface area contributed by atoms with E-state index in [1.165, 1.54) is 0 Å². The van der Waals surface area contributed by atoms with Gasteiger partial charge in [-0.05, 0) is 52.6 Å². The van der Waals surface area contributed by atoms with Crippen LogP contribution >= 0.6 is 0 Å². The molecule has 1 aromatic carbocycles. The molecule has 0 amide bonds. The lowest BCUT2D eigenvalue weighted by Gasteiger charge is -2.32. The van der Waals surface area contributed by atoms with E-state index in [0.717, 1.165) is 0 Å². The van der Waals surface area contributed by atoms with Gasteiger partial charge >= 0.3 is 7.12 Å². The molecule has 1 aliphatic rings. The van der Waals surface area contributed by atoms with Crippen molar-refractivity contribution in [3.05, 3.63) is 29.7 Å². The molecule has 1 aliphatic heterocycles. The van der Waals surface area contributed by atoms with Crippen molar-refractivity contribution >= 4 is 12.6 Å². The third kappa shape index (κ3) is 2.48. The fourth-order valence-corrected chi connectivity index (χ4v) is 1.77. The molecule has 1 saturated heterocycles. The lowest BCUT2D eigenvalue weighted by atomic mass is 9.77. The molecule has 0 aliphatic carbocycles. The van der Waals surface area contributed by atoms with Crippen molar-refractivity contribution in [2.45, 2.75) is 58.2 Å². The van der Waals surface area contributed by atoms with Crippen LogP contribution in [0.15, 0.2) is 24.2 Å². The highest BCUT2D eigenvalue weighted by molar-refractivity contribution is 6.62. The zero-order valence-corrected chi connectivity index (χ0v) is 12.8. The smallest absolute Gasteiger partial charge is 0.399 e. The summed E-state index contributed by atoms with van der Waals surface area (Å²) < 4.78 is 44.8. The average Bonchev–Trinajstić information content (AvgIpc) is 2.65. The maximum atomic E-state index is 9.31. The Morgan fingerprint density at radius 1 is 1.10 bits per heavy atom. The molecule has 1 aromatic rings. The van der Waals surface area contributed by atoms with Crippen LogP contribution in [-0.4, -0.2) is 18.3 Å².